The van der Waals surface area contributed by atoms with Gasteiger partial charge >= 0.3 is 0 Å². The van der Waals surface area contributed by atoms with Crippen molar-refractivity contribution in [1.82, 2.24) is 0 Å². The van der Waals surface area contributed by atoms with Crippen LogP contribution in [0.2, 0.25) is 15.1 Å². The Labute approximate surface area is 95.7 Å². The van der Waals surface area contributed by atoms with Crippen LogP contribution in [0.25, 0.3) is 0 Å². The third kappa shape index (κ3) is 2.67. The molecule has 3 nitrogen and oxygen atoms in total. The van der Waals surface area contributed by atoms with Gasteiger partial charge in [-0.05, 0) is 12.1 Å². The van der Waals surface area contributed by atoms with Crippen LogP contribution in [0.3, 0.4) is 0 Å². The highest BCUT2D eigenvalue weighted by Gasteiger charge is 2.10. The van der Waals surface area contributed by atoms with Gasteiger partial charge in [-0.15, -0.1) is 0 Å². The smallest absolute Gasteiger partial charge is 0.255 e. The predicted octanol–water partition coefficient (Wildman–Crippen LogP) is 2.51. The zero-order valence-electron chi connectivity index (χ0n) is 6.89. The molecule has 0 fully saturated rings. The number of hydrogen-bond donors (Lipinski definition) is 1. The fraction of sp³-hybridized carbons (Fsp3) is 0.125. The summed E-state index contributed by atoms with van der Waals surface area (Å²) in [4.78, 5) is 10.4. The van der Waals surface area contributed by atoms with Crippen molar-refractivity contribution in [3.8, 4) is 5.75 Å². The average Bonchev–Trinajstić information content (AvgIpc) is 2.13. The van der Waals surface area contributed by atoms with Gasteiger partial charge in [0.2, 0.25) is 0 Å². The van der Waals surface area contributed by atoms with Crippen LogP contribution in [-0.4, -0.2) is 12.5 Å². The molecule has 0 spiro atoms. The Kier molecular flexibility index (Phi) is 3.86. The van der Waals surface area contributed by atoms with Gasteiger partial charge in [0.25, 0.3) is 5.91 Å². The lowest BCUT2D eigenvalue weighted by atomic mass is 10.3. The van der Waals surface area contributed by atoms with E-state index in [1.807, 2.05) is 0 Å². The van der Waals surface area contributed by atoms with Crippen LogP contribution < -0.4 is 10.5 Å². The summed E-state index contributed by atoms with van der Waals surface area (Å²) < 4.78 is 4.98. The highest BCUT2D eigenvalue weighted by Crippen LogP contribution is 2.36. The quantitative estimate of drug-likeness (QED) is 0.843. The van der Waals surface area contributed by atoms with Crippen molar-refractivity contribution in [3.05, 3.63) is 27.2 Å². The predicted molar refractivity (Wildman–Crippen MR) is 56.2 cm³/mol. The van der Waals surface area contributed by atoms with E-state index < -0.39 is 5.91 Å². The number of amides is 1. The van der Waals surface area contributed by atoms with Gasteiger partial charge in [-0.1, -0.05) is 34.8 Å². The molecule has 0 aliphatic heterocycles. The van der Waals surface area contributed by atoms with Crippen molar-refractivity contribution in [2.24, 2.45) is 5.73 Å². The number of primary amides is 1. The maximum Gasteiger partial charge on any atom is 0.255 e. The third-order valence-corrected chi connectivity index (χ3v) is 2.65. The lowest BCUT2D eigenvalue weighted by molar-refractivity contribution is -0.119. The SMILES string of the molecule is NC(=O)COc1ccc(Cl)c(Cl)c1Cl. The molecule has 0 aromatic heterocycles. The van der Waals surface area contributed by atoms with Crippen molar-refractivity contribution in [2.45, 2.75) is 0 Å². The van der Waals surface area contributed by atoms with Crippen LogP contribution in [0.1, 0.15) is 0 Å². The molecule has 0 saturated carbocycles. The van der Waals surface area contributed by atoms with Crippen molar-refractivity contribution < 1.29 is 9.53 Å². The molecule has 0 aliphatic carbocycles. The Bertz CT molecular complexity index is 368. The molecule has 2 N–H and O–H groups in total. The second-order valence-electron chi connectivity index (χ2n) is 2.43. The summed E-state index contributed by atoms with van der Waals surface area (Å²) in [6.45, 7) is -0.252. The van der Waals surface area contributed by atoms with E-state index in [0.29, 0.717) is 5.02 Å². The van der Waals surface area contributed by atoms with Crippen molar-refractivity contribution >= 4 is 40.7 Å². The maximum absolute atomic E-state index is 10.4. The Morgan fingerprint density at radius 3 is 2.50 bits per heavy atom. The van der Waals surface area contributed by atoms with Crippen molar-refractivity contribution in [2.75, 3.05) is 6.61 Å². The van der Waals surface area contributed by atoms with Crippen LogP contribution >= 0.6 is 34.8 Å². The zero-order valence-corrected chi connectivity index (χ0v) is 9.16. The minimum absolute atomic E-state index is 0.167. The summed E-state index contributed by atoms with van der Waals surface area (Å²) in [5.41, 5.74) is 4.89. The minimum Gasteiger partial charge on any atom is -0.482 e. The Morgan fingerprint density at radius 2 is 1.93 bits per heavy atom. The fourth-order valence-electron chi connectivity index (χ4n) is 0.769. The highest BCUT2D eigenvalue weighted by molar-refractivity contribution is 6.48. The first-order valence-corrected chi connectivity index (χ1v) is 4.70. The van der Waals surface area contributed by atoms with E-state index in [1.165, 1.54) is 12.1 Å². The van der Waals surface area contributed by atoms with Gasteiger partial charge in [-0.2, -0.15) is 0 Å². The number of carbonyl (C=O) groups excluding carboxylic acids is 1. The molecule has 0 radical (unpaired) electrons. The lowest BCUT2D eigenvalue weighted by Gasteiger charge is -2.07. The Balaban J connectivity index is 2.88. The summed E-state index contributed by atoms with van der Waals surface area (Å²) in [5.74, 6) is -0.313. The Morgan fingerprint density at radius 1 is 1.29 bits per heavy atom. The minimum atomic E-state index is -0.591. The molecule has 0 saturated heterocycles. The molecule has 1 rings (SSSR count). The van der Waals surface area contributed by atoms with E-state index in [2.05, 4.69) is 0 Å². The van der Waals surface area contributed by atoms with E-state index in [4.69, 9.17) is 45.3 Å². The van der Waals surface area contributed by atoms with Gasteiger partial charge in [0.05, 0.1) is 10.0 Å². The van der Waals surface area contributed by atoms with Gasteiger partial charge in [0.15, 0.2) is 6.61 Å². The third-order valence-electron chi connectivity index (χ3n) is 1.37. The second-order valence-corrected chi connectivity index (χ2v) is 3.59. The molecular formula is C8H6Cl3NO2. The second kappa shape index (κ2) is 4.73. The number of nitrogens with two attached hydrogens (primary N) is 1. The normalized spacial score (nSPS) is 9.93. The summed E-state index contributed by atoms with van der Waals surface area (Å²) >= 11 is 17.2. The van der Waals surface area contributed by atoms with Crippen LogP contribution in [0.5, 0.6) is 5.75 Å². The molecule has 0 heterocycles. The van der Waals surface area contributed by atoms with Gasteiger partial charge in [-0.25, -0.2) is 0 Å². The first kappa shape index (κ1) is 11.4. The number of halogens is 3. The lowest BCUT2D eigenvalue weighted by Crippen LogP contribution is -2.20. The van der Waals surface area contributed by atoms with Crippen LogP contribution in [0, 0.1) is 0 Å². The molecule has 14 heavy (non-hydrogen) atoms. The van der Waals surface area contributed by atoms with Crippen molar-refractivity contribution in [3.63, 3.8) is 0 Å². The van der Waals surface area contributed by atoms with Crippen LogP contribution in [0.15, 0.2) is 12.1 Å². The number of rotatable bonds is 3. The van der Waals surface area contributed by atoms with E-state index in [9.17, 15) is 4.79 Å². The number of ether oxygens (including phenoxy) is 1. The maximum atomic E-state index is 10.4. The van der Waals surface area contributed by atoms with E-state index in [0.717, 1.165) is 0 Å². The molecule has 76 valence electrons. The van der Waals surface area contributed by atoms with Gasteiger partial charge in [-0.3, -0.25) is 4.79 Å². The molecule has 0 bridgehead atoms. The molecule has 0 atom stereocenters. The molecule has 0 aliphatic rings. The first-order chi connectivity index (χ1) is 6.52. The molecule has 1 aromatic carbocycles. The summed E-state index contributed by atoms with van der Waals surface area (Å²) in [6.07, 6.45) is 0. The first-order valence-electron chi connectivity index (χ1n) is 3.57. The topological polar surface area (TPSA) is 52.3 Å². The Hall–Kier alpha value is -0.640. The summed E-state index contributed by atoms with van der Waals surface area (Å²) in [7, 11) is 0. The number of carbonyl (C=O) groups is 1. The van der Waals surface area contributed by atoms with E-state index in [-0.39, 0.29) is 22.4 Å². The van der Waals surface area contributed by atoms with E-state index in [1.54, 1.807) is 0 Å². The fourth-order valence-corrected chi connectivity index (χ4v) is 1.35. The molecule has 1 aromatic rings. The highest BCUT2D eigenvalue weighted by atomic mass is 35.5. The molecule has 0 unspecified atom stereocenters. The standard InChI is InChI=1S/C8H6Cl3NO2/c9-4-1-2-5(8(11)7(4)10)14-3-6(12)13/h1-2H,3H2,(H2,12,13). The largest absolute Gasteiger partial charge is 0.482 e. The van der Waals surface area contributed by atoms with Gasteiger partial charge in [0, 0.05) is 0 Å². The zero-order chi connectivity index (χ0) is 10.7. The average molecular weight is 254 g/mol. The van der Waals surface area contributed by atoms with Crippen LogP contribution in [0.4, 0.5) is 0 Å². The summed E-state index contributed by atoms with van der Waals surface area (Å²) in [6, 6.07) is 3.03. The summed E-state index contributed by atoms with van der Waals surface area (Å²) in [5, 5.41) is 0.679. The molecule has 6 heteroatoms. The van der Waals surface area contributed by atoms with Gasteiger partial charge < -0.3 is 10.5 Å². The van der Waals surface area contributed by atoms with E-state index >= 15 is 0 Å². The monoisotopic (exact) mass is 253 g/mol. The molecular weight excluding hydrogens is 248 g/mol. The number of benzene rings is 1. The van der Waals surface area contributed by atoms with Gasteiger partial charge in [0.1, 0.15) is 10.8 Å². The molecule has 1 amide bonds. The number of hydrogen-bond acceptors (Lipinski definition) is 2. The van der Waals surface area contributed by atoms with Crippen LogP contribution in [-0.2, 0) is 4.79 Å². The van der Waals surface area contributed by atoms with Crippen molar-refractivity contribution in [1.29, 1.82) is 0 Å².